The van der Waals surface area contributed by atoms with Crippen molar-refractivity contribution in [1.82, 2.24) is 0 Å². The molecule has 24 heavy (non-hydrogen) atoms. The second-order valence-electron chi connectivity index (χ2n) is 4.99. The van der Waals surface area contributed by atoms with Crippen LogP contribution >= 0.6 is 11.6 Å². The summed E-state index contributed by atoms with van der Waals surface area (Å²) in [5, 5.41) is 4.48. The zero-order valence-corrected chi connectivity index (χ0v) is 13.8. The lowest BCUT2D eigenvalue weighted by atomic mass is 10.0. The number of hydrogen-bond donors (Lipinski definition) is 0. The highest BCUT2D eigenvalue weighted by molar-refractivity contribution is 6.32. The minimum Gasteiger partial charge on any atom is -0.497 e. The van der Waals surface area contributed by atoms with Crippen LogP contribution in [0.3, 0.4) is 0 Å². The lowest BCUT2D eigenvalue weighted by Crippen LogP contribution is -2.07. The van der Waals surface area contributed by atoms with Crippen LogP contribution in [0.2, 0.25) is 5.02 Å². The van der Waals surface area contributed by atoms with E-state index < -0.39 is 5.97 Å². The van der Waals surface area contributed by atoms with E-state index in [1.54, 1.807) is 62.8 Å². The number of hydrogen-bond acceptors (Lipinski definition) is 5. The van der Waals surface area contributed by atoms with Crippen molar-refractivity contribution in [2.45, 2.75) is 0 Å². The van der Waals surface area contributed by atoms with E-state index in [0.717, 1.165) is 5.56 Å². The Hall–Kier alpha value is -2.79. The Morgan fingerprint density at radius 2 is 1.83 bits per heavy atom. The monoisotopic (exact) mass is 343 g/mol. The normalized spacial score (nSPS) is 15.2. The highest BCUT2D eigenvalue weighted by atomic mass is 35.5. The Morgan fingerprint density at radius 1 is 1.08 bits per heavy atom. The van der Waals surface area contributed by atoms with Crippen LogP contribution in [0.4, 0.5) is 0 Å². The molecule has 0 saturated carbocycles. The molecule has 6 heteroatoms. The quantitative estimate of drug-likeness (QED) is 0.627. The number of methoxy groups -OCH3 is 2. The minimum atomic E-state index is -0.516. The number of carbonyl (C=O) groups excluding carboxylic acids is 1. The van der Waals surface area contributed by atoms with Crippen molar-refractivity contribution in [3.05, 3.63) is 64.2 Å². The van der Waals surface area contributed by atoms with E-state index in [4.69, 9.17) is 25.9 Å². The summed E-state index contributed by atoms with van der Waals surface area (Å²) < 4.78 is 10.5. The molecule has 1 heterocycles. The Labute approximate surface area is 144 Å². The van der Waals surface area contributed by atoms with Crippen molar-refractivity contribution in [1.29, 1.82) is 0 Å². The van der Waals surface area contributed by atoms with Gasteiger partial charge in [-0.3, -0.25) is 0 Å². The summed E-state index contributed by atoms with van der Waals surface area (Å²) in [7, 11) is 3.13. The molecule has 0 fully saturated rings. The summed E-state index contributed by atoms with van der Waals surface area (Å²) in [6.45, 7) is 0. The number of oxime groups is 1. The van der Waals surface area contributed by atoms with Crippen LogP contribution in [0.5, 0.6) is 11.5 Å². The van der Waals surface area contributed by atoms with E-state index in [1.807, 2.05) is 0 Å². The zero-order chi connectivity index (χ0) is 17.1. The Bertz CT molecular complexity index is 841. The molecular weight excluding hydrogens is 330 g/mol. The van der Waals surface area contributed by atoms with Crippen molar-refractivity contribution in [3.63, 3.8) is 0 Å². The molecule has 0 aliphatic carbocycles. The van der Waals surface area contributed by atoms with E-state index in [9.17, 15) is 4.79 Å². The molecule has 3 rings (SSSR count). The molecule has 0 radical (unpaired) electrons. The average molecular weight is 344 g/mol. The fraction of sp³-hybridized carbons (Fsp3) is 0.111. The Morgan fingerprint density at radius 3 is 2.50 bits per heavy atom. The van der Waals surface area contributed by atoms with Gasteiger partial charge in [0.05, 0.1) is 19.8 Å². The topological polar surface area (TPSA) is 57.1 Å². The molecule has 0 atom stereocenters. The van der Waals surface area contributed by atoms with Gasteiger partial charge in [0, 0.05) is 22.2 Å². The van der Waals surface area contributed by atoms with Gasteiger partial charge in [0.2, 0.25) is 0 Å². The number of benzene rings is 2. The SMILES string of the molecule is COc1ccc(/C=C2/C(=O)ON=C2c2ccc(Cl)cc2)c(OC)c1. The lowest BCUT2D eigenvalue weighted by molar-refractivity contribution is -0.136. The van der Waals surface area contributed by atoms with Crippen molar-refractivity contribution in [2.75, 3.05) is 14.2 Å². The van der Waals surface area contributed by atoms with Gasteiger partial charge in [0.15, 0.2) is 0 Å². The number of halogens is 1. The van der Waals surface area contributed by atoms with Crippen LogP contribution in [0.15, 0.2) is 53.2 Å². The van der Waals surface area contributed by atoms with E-state index in [2.05, 4.69) is 5.16 Å². The van der Waals surface area contributed by atoms with Gasteiger partial charge in [-0.25, -0.2) is 4.79 Å². The largest absolute Gasteiger partial charge is 0.497 e. The molecular formula is C18H14ClNO4. The molecule has 0 amide bonds. The number of nitrogens with zero attached hydrogens (tertiary/aromatic N) is 1. The molecule has 0 N–H and O–H groups in total. The van der Waals surface area contributed by atoms with Crippen LogP contribution < -0.4 is 9.47 Å². The number of rotatable bonds is 4. The third-order valence-electron chi connectivity index (χ3n) is 3.55. The molecule has 1 aliphatic heterocycles. The molecule has 0 unspecified atom stereocenters. The van der Waals surface area contributed by atoms with Gasteiger partial charge in [-0.05, 0) is 30.3 Å². The first-order chi connectivity index (χ1) is 11.6. The number of carbonyl (C=O) groups is 1. The van der Waals surface area contributed by atoms with Gasteiger partial charge in [0.1, 0.15) is 17.2 Å². The zero-order valence-electron chi connectivity index (χ0n) is 13.1. The second kappa shape index (κ2) is 6.76. The van der Waals surface area contributed by atoms with Crippen LogP contribution in [-0.2, 0) is 9.63 Å². The van der Waals surface area contributed by atoms with Gasteiger partial charge in [-0.15, -0.1) is 0 Å². The lowest BCUT2D eigenvalue weighted by Gasteiger charge is -2.08. The molecule has 2 aromatic rings. The van der Waals surface area contributed by atoms with Gasteiger partial charge in [-0.2, -0.15) is 0 Å². The molecule has 0 aromatic heterocycles. The maximum atomic E-state index is 12.1. The summed E-state index contributed by atoms with van der Waals surface area (Å²) >= 11 is 5.90. The molecule has 0 saturated heterocycles. The fourth-order valence-corrected chi connectivity index (χ4v) is 2.44. The molecule has 0 bridgehead atoms. The fourth-order valence-electron chi connectivity index (χ4n) is 2.32. The summed E-state index contributed by atoms with van der Waals surface area (Å²) in [5.41, 5.74) is 2.26. The molecule has 0 spiro atoms. The molecule has 5 nitrogen and oxygen atoms in total. The molecule has 2 aromatic carbocycles. The third-order valence-corrected chi connectivity index (χ3v) is 3.80. The van der Waals surface area contributed by atoms with Crippen LogP contribution in [0.1, 0.15) is 11.1 Å². The highest BCUT2D eigenvalue weighted by Gasteiger charge is 2.27. The van der Waals surface area contributed by atoms with E-state index >= 15 is 0 Å². The van der Waals surface area contributed by atoms with Crippen LogP contribution in [0, 0.1) is 0 Å². The summed E-state index contributed by atoms with van der Waals surface area (Å²) in [6, 6.07) is 12.3. The maximum Gasteiger partial charge on any atom is 0.368 e. The van der Waals surface area contributed by atoms with Gasteiger partial charge < -0.3 is 14.3 Å². The Kier molecular flexibility index (Phi) is 4.53. The maximum absolute atomic E-state index is 12.1. The van der Waals surface area contributed by atoms with Crippen molar-refractivity contribution in [2.24, 2.45) is 5.16 Å². The van der Waals surface area contributed by atoms with Gasteiger partial charge in [-0.1, -0.05) is 28.9 Å². The molecule has 1 aliphatic rings. The van der Waals surface area contributed by atoms with E-state index in [1.165, 1.54) is 0 Å². The van der Waals surface area contributed by atoms with Gasteiger partial charge in [0.25, 0.3) is 0 Å². The highest BCUT2D eigenvalue weighted by Crippen LogP contribution is 2.29. The first-order valence-corrected chi connectivity index (χ1v) is 7.49. The van der Waals surface area contributed by atoms with Crippen LogP contribution in [-0.4, -0.2) is 25.9 Å². The average Bonchev–Trinajstić information content (AvgIpc) is 2.97. The van der Waals surface area contributed by atoms with E-state index in [-0.39, 0.29) is 0 Å². The van der Waals surface area contributed by atoms with Crippen LogP contribution in [0.25, 0.3) is 6.08 Å². The van der Waals surface area contributed by atoms with Crippen molar-refractivity contribution < 1.29 is 19.1 Å². The predicted molar refractivity (Wildman–Crippen MR) is 91.6 cm³/mol. The van der Waals surface area contributed by atoms with Gasteiger partial charge >= 0.3 is 5.97 Å². The summed E-state index contributed by atoms with van der Waals surface area (Å²) in [4.78, 5) is 16.9. The minimum absolute atomic E-state index is 0.348. The molecule has 122 valence electrons. The number of ether oxygens (including phenoxy) is 2. The summed E-state index contributed by atoms with van der Waals surface area (Å²) in [6.07, 6.45) is 1.68. The van der Waals surface area contributed by atoms with E-state index in [0.29, 0.717) is 33.4 Å². The third kappa shape index (κ3) is 3.12. The second-order valence-corrected chi connectivity index (χ2v) is 5.43. The first kappa shape index (κ1) is 16.1. The first-order valence-electron chi connectivity index (χ1n) is 7.11. The van der Waals surface area contributed by atoms with Crippen molar-refractivity contribution >= 4 is 29.4 Å². The van der Waals surface area contributed by atoms with Crippen molar-refractivity contribution in [3.8, 4) is 11.5 Å². The smallest absolute Gasteiger partial charge is 0.368 e. The Balaban J connectivity index is 2.03. The standard InChI is InChI=1S/C18H14ClNO4/c1-22-14-8-5-12(16(10-14)23-2)9-15-17(20-24-18(15)21)11-3-6-13(19)7-4-11/h3-10H,1-2H3/b15-9+. The predicted octanol–water partition coefficient (Wildman–Crippen LogP) is 3.70. The summed E-state index contributed by atoms with van der Waals surface area (Å²) in [5.74, 6) is 0.726.